The average molecular weight is 323 g/mol. The van der Waals surface area contributed by atoms with Crippen molar-refractivity contribution >= 4 is 11.4 Å². The number of nitrogens with zero attached hydrogens (tertiary/aromatic N) is 1. The predicted octanol–water partition coefficient (Wildman–Crippen LogP) is 2.24. The zero-order valence-electron chi connectivity index (χ0n) is 14.4. The van der Waals surface area contributed by atoms with Crippen LogP contribution >= 0.6 is 0 Å². The molecule has 126 valence electrons. The lowest BCUT2D eigenvalue weighted by atomic mass is 9.95. The summed E-state index contributed by atoms with van der Waals surface area (Å²) >= 11 is 0. The van der Waals surface area contributed by atoms with E-state index in [1.807, 2.05) is 0 Å². The van der Waals surface area contributed by atoms with Crippen LogP contribution in [-0.2, 0) is 23.2 Å². The highest BCUT2D eigenvalue weighted by molar-refractivity contribution is 5.83. The van der Waals surface area contributed by atoms with Crippen molar-refractivity contribution in [2.24, 2.45) is 17.8 Å². The molecule has 4 nitrogen and oxygen atoms in total. The normalized spacial score (nSPS) is 28.0. The number of amides is 1. The summed E-state index contributed by atoms with van der Waals surface area (Å²) in [7, 11) is 0. The van der Waals surface area contributed by atoms with E-state index in [4.69, 9.17) is 0 Å². The van der Waals surface area contributed by atoms with Crippen molar-refractivity contribution in [3.05, 3.63) is 41.2 Å². The number of nitrogens with one attached hydrogen (secondary N) is 2. The molecule has 1 saturated carbocycles. The second-order valence-corrected chi connectivity index (χ2v) is 8.29. The van der Waals surface area contributed by atoms with Gasteiger partial charge in [-0.15, -0.1) is 0 Å². The molecule has 5 rings (SSSR count). The summed E-state index contributed by atoms with van der Waals surface area (Å²) in [5, 5.41) is 6.71. The van der Waals surface area contributed by atoms with Gasteiger partial charge >= 0.3 is 0 Å². The fourth-order valence-corrected chi connectivity index (χ4v) is 5.02. The highest BCUT2D eigenvalue weighted by Crippen LogP contribution is 2.49. The van der Waals surface area contributed by atoms with Crippen LogP contribution in [0.15, 0.2) is 24.4 Å². The highest BCUT2D eigenvalue weighted by atomic mass is 16.2. The van der Waals surface area contributed by atoms with E-state index in [2.05, 4.69) is 53.3 Å². The molecule has 0 radical (unpaired) electrons. The minimum absolute atomic E-state index is 0.225. The van der Waals surface area contributed by atoms with Crippen LogP contribution in [0.4, 0.5) is 0 Å². The number of fused-ring (bicyclic) bond motifs is 1. The Kier molecular flexibility index (Phi) is 2.94. The van der Waals surface area contributed by atoms with E-state index < -0.39 is 0 Å². The van der Waals surface area contributed by atoms with Crippen molar-refractivity contribution in [2.45, 2.75) is 38.6 Å². The summed E-state index contributed by atoms with van der Waals surface area (Å²) in [5.74, 6) is 1.59. The molecule has 2 fully saturated rings. The average Bonchev–Trinajstić information content (AvgIpc) is 2.90. The molecule has 0 aromatic carbocycles. The minimum Gasteiger partial charge on any atom is -0.345 e. The third-order valence-electron chi connectivity index (χ3n) is 6.31. The van der Waals surface area contributed by atoms with Gasteiger partial charge in [-0.3, -0.25) is 4.79 Å². The molecule has 3 atom stereocenters. The molecule has 2 aromatic heterocycles. The number of aryl methyl sites for hydroxylation is 2. The molecule has 1 aliphatic heterocycles. The van der Waals surface area contributed by atoms with Crippen molar-refractivity contribution in [3.8, 4) is 0 Å². The molecule has 0 bridgehead atoms. The third-order valence-corrected chi connectivity index (χ3v) is 6.31. The Labute approximate surface area is 142 Å². The number of hydrogen-bond donors (Lipinski definition) is 2. The van der Waals surface area contributed by atoms with Crippen LogP contribution in [0, 0.1) is 17.8 Å². The van der Waals surface area contributed by atoms with Gasteiger partial charge in [0.15, 0.2) is 0 Å². The number of carbonyl (C=O) groups excluding carboxylic acids is 1. The van der Waals surface area contributed by atoms with Crippen LogP contribution in [0.25, 0.3) is 5.52 Å². The molecule has 24 heavy (non-hydrogen) atoms. The zero-order chi connectivity index (χ0) is 16.5. The molecule has 2 aliphatic carbocycles. The van der Waals surface area contributed by atoms with Gasteiger partial charge in [-0.25, -0.2) is 0 Å². The van der Waals surface area contributed by atoms with Crippen LogP contribution in [0.1, 0.15) is 37.1 Å². The molecule has 1 saturated heterocycles. The SMILES string of the molecule is CC(C)(NC(=O)C1[C@H]2CNC[C@@H]12)c1cc2c3c(cccn13)CCC2. The van der Waals surface area contributed by atoms with Crippen molar-refractivity contribution in [1.82, 2.24) is 15.0 Å². The molecule has 1 amide bonds. The molecular formula is C20H25N3O. The number of piperidine rings is 1. The van der Waals surface area contributed by atoms with E-state index in [0.29, 0.717) is 11.8 Å². The van der Waals surface area contributed by atoms with Crippen molar-refractivity contribution in [3.63, 3.8) is 0 Å². The predicted molar refractivity (Wildman–Crippen MR) is 93.9 cm³/mol. The van der Waals surface area contributed by atoms with Gasteiger partial charge in [0.1, 0.15) is 0 Å². The summed E-state index contributed by atoms with van der Waals surface area (Å²) < 4.78 is 2.30. The smallest absolute Gasteiger partial charge is 0.224 e. The van der Waals surface area contributed by atoms with Gasteiger partial charge in [0, 0.05) is 17.8 Å². The summed E-state index contributed by atoms with van der Waals surface area (Å²) in [6.07, 6.45) is 5.67. The van der Waals surface area contributed by atoms with E-state index in [1.165, 1.54) is 28.8 Å². The van der Waals surface area contributed by atoms with E-state index in [-0.39, 0.29) is 17.4 Å². The fourth-order valence-electron chi connectivity index (χ4n) is 5.02. The molecule has 0 spiro atoms. The standard InChI is InChI=1S/C20H25N3O/c1-20(2,22-19(24)17-14-10-21-11-15(14)17)16-9-13-6-3-5-12-7-4-8-23(16)18(12)13/h4,7-9,14-15,17,21H,3,5-6,10-11H2,1-2H3,(H,22,24)/t14-,15+,17?. The van der Waals surface area contributed by atoms with E-state index >= 15 is 0 Å². The second-order valence-electron chi connectivity index (χ2n) is 8.29. The lowest BCUT2D eigenvalue weighted by Gasteiger charge is -2.27. The van der Waals surface area contributed by atoms with Gasteiger partial charge in [0.05, 0.1) is 11.1 Å². The maximum absolute atomic E-state index is 12.8. The number of rotatable bonds is 3. The third kappa shape index (κ3) is 1.99. The van der Waals surface area contributed by atoms with Gasteiger partial charge in [-0.2, -0.15) is 0 Å². The molecule has 3 aliphatic rings. The number of pyridine rings is 1. The molecule has 2 N–H and O–H groups in total. The van der Waals surface area contributed by atoms with Gasteiger partial charge in [-0.1, -0.05) is 6.07 Å². The first-order chi connectivity index (χ1) is 11.6. The molecule has 1 unspecified atom stereocenters. The monoisotopic (exact) mass is 323 g/mol. The summed E-state index contributed by atoms with van der Waals surface area (Å²) in [4.78, 5) is 12.8. The first-order valence-corrected chi connectivity index (χ1v) is 9.21. The highest BCUT2D eigenvalue weighted by Gasteiger charge is 2.57. The van der Waals surface area contributed by atoms with Crippen molar-refractivity contribution in [1.29, 1.82) is 0 Å². The Morgan fingerprint density at radius 3 is 2.79 bits per heavy atom. The Morgan fingerprint density at radius 1 is 1.25 bits per heavy atom. The maximum atomic E-state index is 12.8. The fraction of sp³-hybridized carbons (Fsp3) is 0.550. The van der Waals surface area contributed by atoms with Crippen LogP contribution in [0.5, 0.6) is 0 Å². The van der Waals surface area contributed by atoms with Crippen LogP contribution in [0.2, 0.25) is 0 Å². The van der Waals surface area contributed by atoms with E-state index in [0.717, 1.165) is 25.9 Å². The number of carbonyl (C=O) groups is 1. The molecule has 2 aromatic rings. The van der Waals surface area contributed by atoms with E-state index in [1.54, 1.807) is 0 Å². The van der Waals surface area contributed by atoms with Gasteiger partial charge in [-0.05, 0) is 81.3 Å². The summed E-state index contributed by atoms with van der Waals surface area (Å²) in [5.41, 5.74) is 5.09. The number of aromatic nitrogens is 1. The van der Waals surface area contributed by atoms with Gasteiger partial charge in [0.25, 0.3) is 0 Å². The Morgan fingerprint density at radius 2 is 2.00 bits per heavy atom. The Hall–Kier alpha value is -1.81. The minimum atomic E-state index is -0.356. The van der Waals surface area contributed by atoms with Crippen LogP contribution < -0.4 is 10.6 Å². The first-order valence-electron chi connectivity index (χ1n) is 9.21. The summed E-state index contributed by atoms with van der Waals surface area (Å²) in [6.45, 7) is 6.28. The van der Waals surface area contributed by atoms with Crippen LogP contribution in [-0.4, -0.2) is 23.4 Å². The van der Waals surface area contributed by atoms with Gasteiger partial charge < -0.3 is 15.0 Å². The number of hydrogen-bond acceptors (Lipinski definition) is 2. The lowest BCUT2D eigenvalue weighted by Crippen LogP contribution is -2.43. The largest absolute Gasteiger partial charge is 0.345 e. The molecular weight excluding hydrogens is 298 g/mol. The zero-order valence-corrected chi connectivity index (χ0v) is 14.4. The second kappa shape index (κ2) is 4.85. The Balaban J connectivity index is 1.48. The van der Waals surface area contributed by atoms with Crippen molar-refractivity contribution in [2.75, 3.05) is 13.1 Å². The lowest BCUT2D eigenvalue weighted by molar-refractivity contribution is -0.124. The maximum Gasteiger partial charge on any atom is 0.224 e. The molecule has 4 heteroatoms. The van der Waals surface area contributed by atoms with Gasteiger partial charge in [0.2, 0.25) is 5.91 Å². The quantitative estimate of drug-likeness (QED) is 0.910. The first kappa shape index (κ1) is 14.5. The van der Waals surface area contributed by atoms with Crippen LogP contribution in [0.3, 0.4) is 0 Å². The molecule has 3 heterocycles. The van der Waals surface area contributed by atoms with Crippen molar-refractivity contribution < 1.29 is 4.79 Å². The Bertz CT molecular complexity index is 825. The van der Waals surface area contributed by atoms with E-state index in [9.17, 15) is 4.79 Å². The summed E-state index contributed by atoms with van der Waals surface area (Å²) in [6, 6.07) is 6.69. The topological polar surface area (TPSA) is 45.5 Å².